The minimum atomic E-state index is -0.127. The van der Waals surface area contributed by atoms with Crippen molar-refractivity contribution in [1.82, 2.24) is 14.9 Å². The third-order valence-corrected chi connectivity index (χ3v) is 5.54. The normalized spacial score (nSPS) is 12.7. The van der Waals surface area contributed by atoms with Gasteiger partial charge >= 0.3 is 0 Å². The Hall–Kier alpha value is -2.82. The highest BCUT2D eigenvalue weighted by atomic mass is 16.5. The van der Waals surface area contributed by atoms with Gasteiger partial charge in [0.05, 0.1) is 23.7 Å². The molecule has 1 heterocycles. The molecule has 3 rings (SSSR count). The van der Waals surface area contributed by atoms with Crippen molar-refractivity contribution >= 4 is 16.9 Å². The van der Waals surface area contributed by atoms with Crippen molar-refractivity contribution in [3.05, 3.63) is 59.9 Å². The first-order chi connectivity index (χ1) is 14.8. The Morgan fingerprint density at radius 1 is 1.10 bits per heavy atom. The van der Waals surface area contributed by atoms with E-state index in [0.29, 0.717) is 13.0 Å². The van der Waals surface area contributed by atoms with Crippen LogP contribution in [0.1, 0.15) is 71.3 Å². The summed E-state index contributed by atoms with van der Waals surface area (Å²) in [6, 6.07) is 16.4. The first kappa shape index (κ1) is 22.9. The Morgan fingerprint density at radius 3 is 2.48 bits per heavy atom. The molecule has 5 nitrogen and oxygen atoms in total. The molecule has 31 heavy (non-hydrogen) atoms. The van der Waals surface area contributed by atoms with Crippen LogP contribution in [0.2, 0.25) is 0 Å². The zero-order valence-electron chi connectivity index (χ0n) is 19.4. The van der Waals surface area contributed by atoms with Gasteiger partial charge in [-0.15, -0.1) is 0 Å². The van der Waals surface area contributed by atoms with Gasteiger partial charge in [-0.25, -0.2) is 4.98 Å². The Morgan fingerprint density at radius 2 is 1.81 bits per heavy atom. The smallest absolute Gasteiger partial charge is 0.220 e. The number of para-hydroxylation sites is 2. The fourth-order valence-electron chi connectivity index (χ4n) is 3.68. The van der Waals surface area contributed by atoms with Gasteiger partial charge < -0.3 is 14.6 Å². The molecule has 1 amide bonds. The second-order valence-corrected chi connectivity index (χ2v) is 9.08. The molecule has 0 saturated carbocycles. The molecule has 0 fully saturated rings. The number of carbonyl (C=O) groups is 1. The van der Waals surface area contributed by atoms with Crippen molar-refractivity contribution in [3.8, 4) is 5.75 Å². The number of hydrogen-bond acceptors (Lipinski definition) is 3. The highest BCUT2D eigenvalue weighted by Crippen LogP contribution is 2.25. The van der Waals surface area contributed by atoms with Gasteiger partial charge in [0.25, 0.3) is 0 Å². The number of hydrogen-bond donors (Lipinski definition) is 1. The number of aryl methyl sites for hydroxylation is 1. The maximum Gasteiger partial charge on any atom is 0.220 e. The van der Waals surface area contributed by atoms with Crippen LogP contribution in [0, 0.1) is 0 Å². The molecule has 0 saturated heterocycles. The Balaban J connectivity index is 1.59. The number of rotatable bonds is 9. The fraction of sp³-hybridized carbons (Fsp3) is 0.462. The van der Waals surface area contributed by atoms with Crippen LogP contribution >= 0.6 is 0 Å². The molecule has 3 aromatic rings. The van der Waals surface area contributed by atoms with Crippen LogP contribution in [0.15, 0.2) is 48.5 Å². The predicted octanol–water partition coefficient (Wildman–Crippen LogP) is 5.78. The number of benzene rings is 2. The minimum absolute atomic E-state index is 0.0389. The molecule has 0 aliphatic heterocycles. The van der Waals surface area contributed by atoms with Gasteiger partial charge in [-0.1, -0.05) is 52.0 Å². The lowest BCUT2D eigenvalue weighted by atomic mass is 9.87. The molecular weight excluding hydrogens is 386 g/mol. The maximum atomic E-state index is 11.9. The largest absolute Gasteiger partial charge is 0.494 e. The topological polar surface area (TPSA) is 56.2 Å². The van der Waals surface area contributed by atoms with E-state index in [2.05, 4.69) is 61.0 Å². The van der Waals surface area contributed by atoms with Crippen LogP contribution in [0.3, 0.4) is 0 Å². The van der Waals surface area contributed by atoms with E-state index in [1.165, 1.54) is 5.56 Å². The van der Waals surface area contributed by atoms with E-state index in [1.807, 2.05) is 32.0 Å². The number of unbranched alkanes of at least 4 members (excludes halogenated alkanes) is 1. The molecule has 2 aromatic carbocycles. The molecule has 0 radical (unpaired) electrons. The van der Waals surface area contributed by atoms with E-state index in [-0.39, 0.29) is 17.4 Å². The summed E-state index contributed by atoms with van der Waals surface area (Å²) in [7, 11) is 0. The molecule has 5 heteroatoms. The van der Waals surface area contributed by atoms with E-state index in [4.69, 9.17) is 9.72 Å². The third-order valence-electron chi connectivity index (χ3n) is 5.54. The molecule has 1 atom stereocenters. The van der Waals surface area contributed by atoms with Gasteiger partial charge in [-0.05, 0) is 55.0 Å². The number of nitrogens with zero attached hydrogens (tertiary/aromatic N) is 2. The lowest BCUT2D eigenvalue weighted by Gasteiger charge is -2.19. The maximum absolute atomic E-state index is 11.9. The second kappa shape index (κ2) is 9.99. The summed E-state index contributed by atoms with van der Waals surface area (Å²) >= 11 is 0. The van der Waals surface area contributed by atoms with Crippen LogP contribution < -0.4 is 10.1 Å². The summed E-state index contributed by atoms with van der Waals surface area (Å²) in [5.41, 5.74) is 3.53. The highest BCUT2D eigenvalue weighted by molar-refractivity contribution is 5.77. The molecular formula is C26H35N3O2. The zero-order chi connectivity index (χ0) is 22.4. The second-order valence-electron chi connectivity index (χ2n) is 9.08. The average molecular weight is 422 g/mol. The van der Waals surface area contributed by atoms with Crippen molar-refractivity contribution in [2.45, 2.75) is 71.9 Å². The van der Waals surface area contributed by atoms with E-state index in [1.54, 1.807) is 0 Å². The van der Waals surface area contributed by atoms with Crippen molar-refractivity contribution in [3.63, 3.8) is 0 Å². The average Bonchev–Trinajstić information content (AvgIpc) is 3.12. The molecule has 0 aliphatic rings. The van der Waals surface area contributed by atoms with Crippen molar-refractivity contribution in [2.24, 2.45) is 0 Å². The van der Waals surface area contributed by atoms with Crippen LogP contribution in [-0.4, -0.2) is 22.1 Å². The summed E-state index contributed by atoms with van der Waals surface area (Å²) in [5, 5.41) is 3.04. The summed E-state index contributed by atoms with van der Waals surface area (Å²) in [5.74, 6) is 1.86. The van der Waals surface area contributed by atoms with Gasteiger partial charge in [0.15, 0.2) is 0 Å². The van der Waals surface area contributed by atoms with Gasteiger partial charge in [0.1, 0.15) is 11.6 Å². The van der Waals surface area contributed by atoms with Gasteiger partial charge in [0.2, 0.25) is 5.91 Å². The highest BCUT2D eigenvalue weighted by Gasteiger charge is 2.17. The van der Waals surface area contributed by atoms with Crippen molar-refractivity contribution in [1.29, 1.82) is 0 Å². The lowest BCUT2D eigenvalue weighted by molar-refractivity contribution is -0.121. The number of fused-ring (bicyclic) bond motifs is 1. The molecule has 166 valence electrons. The summed E-state index contributed by atoms with van der Waals surface area (Å²) < 4.78 is 8.17. The SMILES string of the molecule is CCC(=O)NC(C)c1nc2ccccc2n1CCCCOc1ccc(C(C)(C)C)cc1. The number of aromatic nitrogens is 2. The van der Waals surface area contributed by atoms with E-state index in [9.17, 15) is 4.79 Å². The van der Waals surface area contributed by atoms with Crippen LogP contribution in [0.25, 0.3) is 11.0 Å². The molecule has 0 spiro atoms. The monoisotopic (exact) mass is 421 g/mol. The van der Waals surface area contributed by atoms with Gasteiger partial charge in [-0.3, -0.25) is 4.79 Å². The van der Waals surface area contributed by atoms with Crippen LogP contribution in [0.5, 0.6) is 5.75 Å². The molecule has 1 N–H and O–H groups in total. The zero-order valence-corrected chi connectivity index (χ0v) is 19.4. The molecule has 1 unspecified atom stereocenters. The number of carbonyl (C=O) groups excluding carboxylic acids is 1. The van der Waals surface area contributed by atoms with Gasteiger partial charge in [0, 0.05) is 13.0 Å². The number of amides is 1. The molecule has 0 bridgehead atoms. The Labute approximate surface area is 185 Å². The van der Waals surface area contributed by atoms with Crippen molar-refractivity contribution < 1.29 is 9.53 Å². The quantitative estimate of drug-likeness (QED) is 0.446. The molecule has 0 aliphatic carbocycles. The number of ether oxygens (including phenoxy) is 1. The molecule has 1 aromatic heterocycles. The van der Waals surface area contributed by atoms with Crippen LogP contribution in [0.4, 0.5) is 0 Å². The summed E-state index contributed by atoms with van der Waals surface area (Å²) in [6.45, 7) is 12.0. The van der Waals surface area contributed by atoms with Crippen molar-refractivity contribution in [2.75, 3.05) is 6.61 Å². The number of nitrogens with one attached hydrogen (secondary N) is 1. The first-order valence-corrected chi connectivity index (χ1v) is 11.3. The first-order valence-electron chi connectivity index (χ1n) is 11.3. The fourth-order valence-corrected chi connectivity index (χ4v) is 3.68. The number of imidazole rings is 1. The Kier molecular flexibility index (Phi) is 7.37. The predicted molar refractivity (Wildman–Crippen MR) is 126 cm³/mol. The lowest BCUT2D eigenvalue weighted by Crippen LogP contribution is -2.28. The summed E-state index contributed by atoms with van der Waals surface area (Å²) in [4.78, 5) is 16.7. The minimum Gasteiger partial charge on any atom is -0.494 e. The van der Waals surface area contributed by atoms with Crippen LogP contribution in [-0.2, 0) is 16.8 Å². The van der Waals surface area contributed by atoms with E-state index in [0.717, 1.165) is 42.0 Å². The standard InChI is InChI=1S/C26H35N3O2/c1-6-24(30)27-19(2)25-28-22-11-7-8-12-23(22)29(25)17-9-10-18-31-21-15-13-20(14-16-21)26(3,4)5/h7-8,11-16,19H,6,9-10,17-18H2,1-5H3,(H,27,30). The third kappa shape index (κ3) is 5.87. The summed E-state index contributed by atoms with van der Waals surface area (Å²) in [6.07, 6.45) is 2.39. The van der Waals surface area contributed by atoms with E-state index < -0.39 is 0 Å². The Bertz CT molecular complexity index is 1000. The van der Waals surface area contributed by atoms with E-state index >= 15 is 0 Å². The van der Waals surface area contributed by atoms with Gasteiger partial charge in [-0.2, -0.15) is 0 Å².